The molecule has 3 saturated heterocycles. The van der Waals surface area contributed by atoms with E-state index in [1.807, 2.05) is 48.3 Å². The molecule has 3 fully saturated rings. The summed E-state index contributed by atoms with van der Waals surface area (Å²) in [7, 11) is 1.81. The second-order valence-corrected chi connectivity index (χ2v) is 8.83. The molecule has 0 atom stereocenters. The van der Waals surface area contributed by atoms with Crippen LogP contribution >= 0.6 is 11.6 Å². The number of nitrogens with one attached hydrogen (secondary N) is 1. The normalized spacial score (nSPS) is 20.4. The van der Waals surface area contributed by atoms with Crippen molar-refractivity contribution in [1.29, 1.82) is 0 Å². The lowest BCUT2D eigenvalue weighted by atomic mass is 9.88. The fourth-order valence-electron chi connectivity index (χ4n) is 4.49. The third kappa shape index (κ3) is 3.30. The molecule has 0 radical (unpaired) electrons. The predicted molar refractivity (Wildman–Crippen MR) is 121 cm³/mol. The number of imide groups is 1. The van der Waals surface area contributed by atoms with Crippen LogP contribution in [0.5, 0.6) is 0 Å². The van der Waals surface area contributed by atoms with Gasteiger partial charge in [0.05, 0.1) is 29.5 Å². The molecule has 3 aliphatic heterocycles. The summed E-state index contributed by atoms with van der Waals surface area (Å²) in [4.78, 5) is 41.7. The number of rotatable bonds is 3. The average Bonchev–Trinajstić information content (AvgIpc) is 2.75. The van der Waals surface area contributed by atoms with Crippen LogP contribution < -0.4 is 15.1 Å². The number of benzene rings is 2. The van der Waals surface area contributed by atoms with E-state index in [9.17, 15) is 14.4 Å². The van der Waals surface area contributed by atoms with Gasteiger partial charge in [0, 0.05) is 37.8 Å². The van der Waals surface area contributed by atoms with Crippen LogP contribution in [0.3, 0.4) is 0 Å². The Morgan fingerprint density at radius 1 is 1.03 bits per heavy atom. The monoisotopic (exact) mass is 454 g/mol. The van der Waals surface area contributed by atoms with Crippen molar-refractivity contribution in [2.75, 3.05) is 43.2 Å². The van der Waals surface area contributed by atoms with Gasteiger partial charge in [0.1, 0.15) is 0 Å². The number of anilines is 2. The first-order chi connectivity index (χ1) is 15.4. The number of ether oxygens (including phenoxy) is 1. The van der Waals surface area contributed by atoms with Crippen LogP contribution in [-0.2, 0) is 9.53 Å². The van der Waals surface area contributed by atoms with Gasteiger partial charge in [0.15, 0.2) is 0 Å². The Kier molecular flexibility index (Phi) is 5.06. The molecule has 0 aliphatic carbocycles. The first kappa shape index (κ1) is 20.8. The third-order valence-corrected chi connectivity index (χ3v) is 6.80. The highest BCUT2D eigenvalue weighted by Crippen LogP contribution is 2.40. The molecule has 3 aliphatic rings. The van der Waals surface area contributed by atoms with Crippen molar-refractivity contribution in [2.45, 2.75) is 18.4 Å². The minimum absolute atomic E-state index is 0.0296. The number of amides is 5. The Labute approximate surface area is 190 Å². The molecule has 3 heterocycles. The molecule has 5 rings (SSSR count). The Morgan fingerprint density at radius 3 is 2.44 bits per heavy atom. The minimum Gasteiger partial charge on any atom is -0.376 e. The van der Waals surface area contributed by atoms with Crippen LogP contribution in [0.15, 0.2) is 42.5 Å². The zero-order valence-electron chi connectivity index (χ0n) is 17.6. The topological polar surface area (TPSA) is 82.2 Å². The van der Waals surface area contributed by atoms with E-state index >= 15 is 0 Å². The van der Waals surface area contributed by atoms with E-state index in [0.29, 0.717) is 23.9 Å². The molecule has 0 aromatic heterocycles. The van der Waals surface area contributed by atoms with E-state index < -0.39 is 6.03 Å². The largest absolute Gasteiger partial charge is 0.376 e. The van der Waals surface area contributed by atoms with Gasteiger partial charge in [0.25, 0.3) is 0 Å². The molecule has 0 unspecified atom stereocenters. The van der Waals surface area contributed by atoms with E-state index in [1.165, 1.54) is 4.90 Å². The molecule has 32 heavy (non-hydrogen) atoms. The van der Waals surface area contributed by atoms with Gasteiger partial charge < -0.3 is 9.64 Å². The summed E-state index contributed by atoms with van der Waals surface area (Å²) in [6.07, 6.45) is 1.09. The molecule has 1 N–H and O–H groups in total. The number of nitrogens with zero attached hydrogens (tertiary/aromatic N) is 3. The molecule has 1 spiro atoms. The fraction of sp³-hybridized carbons (Fsp3) is 0.348. The Hall–Kier alpha value is -3.10. The number of hydrogen-bond donors (Lipinski definition) is 1. The molecule has 166 valence electrons. The van der Waals surface area contributed by atoms with Crippen molar-refractivity contribution >= 4 is 40.9 Å². The van der Waals surface area contributed by atoms with Gasteiger partial charge in [-0.15, -0.1) is 0 Å². The number of carbonyl (C=O) groups excluding carboxylic acids is 3. The zero-order valence-corrected chi connectivity index (χ0v) is 18.4. The van der Waals surface area contributed by atoms with Crippen molar-refractivity contribution in [3.8, 4) is 11.1 Å². The number of hydrogen-bond acceptors (Lipinski definition) is 4. The van der Waals surface area contributed by atoms with Crippen LogP contribution in [0, 0.1) is 0 Å². The first-order valence-electron chi connectivity index (χ1n) is 10.5. The summed E-state index contributed by atoms with van der Waals surface area (Å²) < 4.78 is 5.46. The highest BCUT2D eigenvalue weighted by Gasteiger charge is 2.50. The smallest absolute Gasteiger partial charge is 0.328 e. The molecule has 8 nitrogen and oxygen atoms in total. The van der Waals surface area contributed by atoms with Gasteiger partial charge in [-0.25, -0.2) is 9.59 Å². The van der Waals surface area contributed by atoms with E-state index in [1.54, 1.807) is 11.0 Å². The summed E-state index contributed by atoms with van der Waals surface area (Å²) in [5, 5.41) is 2.76. The van der Waals surface area contributed by atoms with Crippen LogP contribution in [0.2, 0.25) is 5.02 Å². The summed E-state index contributed by atoms with van der Waals surface area (Å²) in [6, 6.07) is 12.7. The second kappa shape index (κ2) is 7.79. The molecule has 2 aromatic rings. The van der Waals surface area contributed by atoms with E-state index in [4.69, 9.17) is 16.3 Å². The number of urea groups is 2. The van der Waals surface area contributed by atoms with Gasteiger partial charge in [-0.05, 0) is 30.2 Å². The second-order valence-electron chi connectivity index (χ2n) is 8.45. The van der Waals surface area contributed by atoms with E-state index in [-0.39, 0.29) is 30.4 Å². The highest BCUT2D eigenvalue weighted by atomic mass is 35.5. The molecule has 0 bridgehead atoms. The number of carbonyl (C=O) groups is 3. The maximum atomic E-state index is 12.9. The first-order valence-corrected chi connectivity index (χ1v) is 10.9. The van der Waals surface area contributed by atoms with Crippen molar-refractivity contribution in [3.05, 3.63) is 47.5 Å². The third-order valence-electron chi connectivity index (χ3n) is 6.41. The maximum absolute atomic E-state index is 12.9. The van der Waals surface area contributed by atoms with Crippen LogP contribution in [0.4, 0.5) is 21.0 Å². The summed E-state index contributed by atoms with van der Waals surface area (Å²) >= 11 is 6.69. The Bertz CT molecular complexity index is 1100. The lowest BCUT2D eigenvalue weighted by Gasteiger charge is -2.53. The molecule has 5 amide bonds. The minimum atomic E-state index is -0.476. The van der Waals surface area contributed by atoms with Gasteiger partial charge in [0.2, 0.25) is 5.91 Å². The van der Waals surface area contributed by atoms with Crippen molar-refractivity contribution in [1.82, 2.24) is 10.2 Å². The van der Waals surface area contributed by atoms with Crippen molar-refractivity contribution < 1.29 is 19.1 Å². The SMILES string of the molecule is CN1CCC2(COC2)N(c2ccc(-c3cccc(N4CCC(=O)NC4=O)c3Cl)cc2)C1=O. The lowest BCUT2D eigenvalue weighted by Crippen LogP contribution is -2.70. The lowest BCUT2D eigenvalue weighted by molar-refractivity contribution is -0.120. The Balaban J connectivity index is 1.45. The van der Waals surface area contributed by atoms with Crippen LogP contribution in [0.1, 0.15) is 12.8 Å². The zero-order chi connectivity index (χ0) is 22.5. The fourth-order valence-corrected chi connectivity index (χ4v) is 4.82. The molecular formula is C23H23ClN4O4. The van der Waals surface area contributed by atoms with Gasteiger partial charge in [-0.1, -0.05) is 35.9 Å². The number of halogens is 1. The summed E-state index contributed by atoms with van der Waals surface area (Å²) in [5.74, 6) is -0.290. The molecule has 9 heteroatoms. The van der Waals surface area contributed by atoms with E-state index in [0.717, 1.165) is 29.8 Å². The molecular weight excluding hydrogens is 432 g/mol. The summed E-state index contributed by atoms with van der Waals surface area (Å²) in [6.45, 7) is 2.08. The quantitative estimate of drug-likeness (QED) is 0.769. The van der Waals surface area contributed by atoms with Gasteiger partial charge >= 0.3 is 12.1 Å². The highest BCUT2D eigenvalue weighted by molar-refractivity contribution is 6.36. The van der Waals surface area contributed by atoms with Gasteiger partial charge in [-0.2, -0.15) is 0 Å². The molecule has 2 aromatic carbocycles. The summed E-state index contributed by atoms with van der Waals surface area (Å²) in [5.41, 5.74) is 2.73. The van der Waals surface area contributed by atoms with Crippen LogP contribution in [0.25, 0.3) is 11.1 Å². The Morgan fingerprint density at radius 2 is 1.78 bits per heavy atom. The van der Waals surface area contributed by atoms with Crippen molar-refractivity contribution in [2.24, 2.45) is 0 Å². The van der Waals surface area contributed by atoms with Crippen molar-refractivity contribution in [3.63, 3.8) is 0 Å². The maximum Gasteiger partial charge on any atom is 0.328 e. The van der Waals surface area contributed by atoms with Gasteiger partial charge in [-0.3, -0.25) is 19.9 Å². The average molecular weight is 455 g/mol. The van der Waals surface area contributed by atoms with Crippen LogP contribution in [-0.4, -0.2) is 61.8 Å². The predicted octanol–water partition coefficient (Wildman–Crippen LogP) is 3.48. The standard InChI is InChI=1S/C23H23ClN4O4/c1-26-12-10-23(13-32-14-23)28(22(26)31)16-7-5-15(6-8-16)17-3-2-4-18(20(17)24)27-11-9-19(29)25-21(27)30/h2-8H,9-14H2,1H3,(H,25,29,30). The molecule has 0 saturated carbocycles. The van der Waals surface area contributed by atoms with E-state index in [2.05, 4.69) is 5.32 Å².